The van der Waals surface area contributed by atoms with E-state index in [2.05, 4.69) is 17.1 Å². The number of hydrogen-bond donors (Lipinski definition) is 1. The summed E-state index contributed by atoms with van der Waals surface area (Å²) >= 11 is 0. The molecule has 1 heterocycles. The lowest BCUT2D eigenvalue weighted by molar-refractivity contribution is -0.137. The SMILES string of the molecule is CCC1(C(=O)NCC2(CN3CCOCC3)CCCCC2)CCC1. The zero-order valence-corrected chi connectivity index (χ0v) is 14.9. The van der Waals surface area contributed by atoms with Gasteiger partial charge in [0.05, 0.1) is 13.2 Å². The summed E-state index contributed by atoms with van der Waals surface area (Å²) < 4.78 is 5.49. The third kappa shape index (κ3) is 3.90. The molecule has 4 nitrogen and oxygen atoms in total. The Kier molecular flexibility index (Phi) is 5.63. The fraction of sp³-hybridized carbons (Fsp3) is 0.947. The van der Waals surface area contributed by atoms with Crippen LogP contribution in [0, 0.1) is 10.8 Å². The monoisotopic (exact) mass is 322 g/mol. The lowest BCUT2D eigenvalue weighted by atomic mass is 9.66. The maximum absolute atomic E-state index is 12.7. The number of rotatable bonds is 6. The normalized spacial score (nSPS) is 27.2. The van der Waals surface area contributed by atoms with Crippen LogP contribution >= 0.6 is 0 Å². The van der Waals surface area contributed by atoms with Gasteiger partial charge in [0.25, 0.3) is 0 Å². The highest BCUT2D eigenvalue weighted by Crippen LogP contribution is 2.44. The van der Waals surface area contributed by atoms with Crippen LogP contribution < -0.4 is 5.32 Å². The summed E-state index contributed by atoms with van der Waals surface area (Å²) in [6.07, 6.45) is 10.9. The second kappa shape index (κ2) is 7.52. The molecule has 0 aromatic carbocycles. The first kappa shape index (κ1) is 17.2. The van der Waals surface area contributed by atoms with Gasteiger partial charge in [0, 0.05) is 37.0 Å². The van der Waals surface area contributed by atoms with E-state index in [4.69, 9.17) is 4.74 Å². The molecule has 0 atom stereocenters. The summed E-state index contributed by atoms with van der Waals surface area (Å²) in [4.78, 5) is 15.3. The number of carbonyl (C=O) groups is 1. The van der Waals surface area contributed by atoms with Crippen molar-refractivity contribution in [2.45, 2.75) is 64.7 Å². The number of nitrogens with one attached hydrogen (secondary N) is 1. The molecule has 3 fully saturated rings. The highest BCUT2D eigenvalue weighted by Gasteiger charge is 2.43. The van der Waals surface area contributed by atoms with Gasteiger partial charge in [-0.05, 0) is 32.1 Å². The number of hydrogen-bond acceptors (Lipinski definition) is 3. The Morgan fingerprint density at radius 1 is 1.04 bits per heavy atom. The van der Waals surface area contributed by atoms with Crippen molar-refractivity contribution in [1.29, 1.82) is 0 Å². The van der Waals surface area contributed by atoms with Crippen LogP contribution in [0.4, 0.5) is 0 Å². The van der Waals surface area contributed by atoms with Gasteiger partial charge in [-0.15, -0.1) is 0 Å². The van der Waals surface area contributed by atoms with Crippen LogP contribution in [-0.2, 0) is 9.53 Å². The number of nitrogens with zero attached hydrogens (tertiary/aromatic N) is 1. The Morgan fingerprint density at radius 2 is 1.74 bits per heavy atom. The van der Waals surface area contributed by atoms with Crippen LogP contribution in [0.3, 0.4) is 0 Å². The minimum atomic E-state index is -0.0329. The van der Waals surface area contributed by atoms with Crippen molar-refractivity contribution >= 4 is 5.91 Å². The van der Waals surface area contributed by atoms with Gasteiger partial charge in [0.15, 0.2) is 0 Å². The van der Waals surface area contributed by atoms with Gasteiger partial charge in [-0.2, -0.15) is 0 Å². The number of morpholine rings is 1. The van der Waals surface area contributed by atoms with E-state index in [1.807, 2.05) is 0 Å². The lowest BCUT2D eigenvalue weighted by Gasteiger charge is -2.44. The van der Waals surface area contributed by atoms with Crippen LogP contribution in [0.25, 0.3) is 0 Å². The fourth-order valence-corrected chi connectivity index (χ4v) is 4.73. The summed E-state index contributed by atoms with van der Waals surface area (Å²) in [6.45, 7) is 8.01. The second-order valence-corrected chi connectivity index (χ2v) is 8.12. The Balaban J connectivity index is 1.58. The first-order chi connectivity index (χ1) is 11.2. The van der Waals surface area contributed by atoms with E-state index in [0.29, 0.717) is 11.3 Å². The third-order valence-electron chi connectivity index (χ3n) is 6.67. The zero-order valence-electron chi connectivity index (χ0n) is 14.9. The quantitative estimate of drug-likeness (QED) is 0.817. The van der Waals surface area contributed by atoms with Crippen molar-refractivity contribution in [1.82, 2.24) is 10.2 Å². The van der Waals surface area contributed by atoms with Gasteiger partial charge in [-0.25, -0.2) is 0 Å². The molecular formula is C19H34N2O2. The first-order valence-corrected chi connectivity index (χ1v) is 9.77. The predicted octanol–water partition coefficient (Wildman–Crippen LogP) is 2.97. The molecule has 0 spiro atoms. The minimum absolute atomic E-state index is 0.0329. The molecule has 0 bridgehead atoms. The van der Waals surface area contributed by atoms with E-state index >= 15 is 0 Å². The Labute approximate surface area is 141 Å². The van der Waals surface area contributed by atoms with Crippen LogP contribution in [0.5, 0.6) is 0 Å². The second-order valence-electron chi connectivity index (χ2n) is 8.12. The largest absolute Gasteiger partial charge is 0.379 e. The highest BCUT2D eigenvalue weighted by molar-refractivity contribution is 5.83. The maximum atomic E-state index is 12.7. The molecule has 132 valence electrons. The van der Waals surface area contributed by atoms with Gasteiger partial charge < -0.3 is 10.1 Å². The van der Waals surface area contributed by atoms with Crippen molar-refractivity contribution in [3.63, 3.8) is 0 Å². The van der Waals surface area contributed by atoms with Crippen molar-refractivity contribution in [2.24, 2.45) is 10.8 Å². The van der Waals surface area contributed by atoms with Gasteiger partial charge in [-0.3, -0.25) is 9.69 Å². The standard InChI is InChI=1S/C19H34N2O2/c1-2-19(9-6-10-19)17(22)20-15-18(7-4-3-5-8-18)16-21-11-13-23-14-12-21/h2-16H2,1H3,(H,20,22). The molecule has 0 unspecified atom stereocenters. The van der Waals surface area contributed by atoms with Crippen molar-refractivity contribution in [2.75, 3.05) is 39.4 Å². The summed E-state index contributed by atoms with van der Waals surface area (Å²) in [5.41, 5.74) is 0.263. The number of ether oxygens (including phenoxy) is 1. The number of amides is 1. The lowest BCUT2D eigenvalue weighted by Crippen LogP contribution is -2.52. The molecule has 3 aliphatic rings. The number of carbonyl (C=O) groups excluding carboxylic acids is 1. The average Bonchev–Trinajstić information content (AvgIpc) is 2.54. The van der Waals surface area contributed by atoms with Gasteiger partial charge in [-0.1, -0.05) is 32.6 Å². The highest BCUT2D eigenvalue weighted by atomic mass is 16.5. The van der Waals surface area contributed by atoms with Crippen molar-refractivity contribution in [3.8, 4) is 0 Å². The molecule has 1 N–H and O–H groups in total. The smallest absolute Gasteiger partial charge is 0.226 e. The van der Waals surface area contributed by atoms with Crippen molar-refractivity contribution in [3.05, 3.63) is 0 Å². The molecule has 0 aromatic rings. The first-order valence-electron chi connectivity index (χ1n) is 9.77. The molecule has 23 heavy (non-hydrogen) atoms. The Hall–Kier alpha value is -0.610. The minimum Gasteiger partial charge on any atom is -0.379 e. The summed E-state index contributed by atoms with van der Waals surface area (Å²) in [7, 11) is 0. The topological polar surface area (TPSA) is 41.6 Å². The molecule has 1 aliphatic heterocycles. The average molecular weight is 322 g/mol. The van der Waals surface area contributed by atoms with E-state index in [1.165, 1.54) is 38.5 Å². The van der Waals surface area contributed by atoms with E-state index in [-0.39, 0.29) is 5.41 Å². The molecule has 1 amide bonds. The Bertz CT molecular complexity index is 389. The summed E-state index contributed by atoms with van der Waals surface area (Å²) in [5.74, 6) is 0.332. The van der Waals surface area contributed by atoms with E-state index in [9.17, 15) is 4.79 Å². The Morgan fingerprint density at radius 3 is 2.30 bits per heavy atom. The van der Waals surface area contributed by atoms with Gasteiger partial charge in [0.1, 0.15) is 0 Å². The van der Waals surface area contributed by atoms with Crippen LogP contribution in [0.1, 0.15) is 64.7 Å². The molecule has 0 aromatic heterocycles. The maximum Gasteiger partial charge on any atom is 0.226 e. The van der Waals surface area contributed by atoms with Crippen LogP contribution in [0.2, 0.25) is 0 Å². The zero-order chi connectivity index (χ0) is 16.2. The van der Waals surface area contributed by atoms with Crippen molar-refractivity contribution < 1.29 is 9.53 Å². The van der Waals surface area contributed by atoms with Gasteiger partial charge in [0.2, 0.25) is 5.91 Å². The molecule has 4 heteroatoms. The molecule has 3 rings (SSSR count). The predicted molar refractivity (Wildman–Crippen MR) is 92.4 cm³/mol. The molecule has 0 radical (unpaired) electrons. The molecule has 2 aliphatic carbocycles. The molecular weight excluding hydrogens is 288 g/mol. The third-order valence-corrected chi connectivity index (χ3v) is 6.67. The van der Waals surface area contributed by atoms with Crippen LogP contribution in [0.15, 0.2) is 0 Å². The fourth-order valence-electron chi connectivity index (χ4n) is 4.73. The van der Waals surface area contributed by atoms with E-state index in [0.717, 1.165) is 58.7 Å². The van der Waals surface area contributed by atoms with E-state index in [1.54, 1.807) is 0 Å². The van der Waals surface area contributed by atoms with Crippen LogP contribution in [-0.4, -0.2) is 50.2 Å². The summed E-state index contributed by atoms with van der Waals surface area (Å²) in [5, 5.41) is 3.38. The summed E-state index contributed by atoms with van der Waals surface area (Å²) in [6, 6.07) is 0. The molecule has 2 saturated carbocycles. The van der Waals surface area contributed by atoms with E-state index < -0.39 is 0 Å². The molecule has 1 saturated heterocycles. The van der Waals surface area contributed by atoms with Gasteiger partial charge >= 0.3 is 0 Å².